The average Bonchev–Trinajstić information content (AvgIpc) is 2.48. The highest BCUT2D eigenvalue weighted by Crippen LogP contribution is 2.34. The van der Waals surface area contributed by atoms with Gasteiger partial charge in [0.2, 0.25) is 0 Å². The predicted molar refractivity (Wildman–Crippen MR) is 79.5 cm³/mol. The van der Waals surface area contributed by atoms with Crippen LogP contribution in [0.5, 0.6) is 0 Å². The van der Waals surface area contributed by atoms with Crippen molar-refractivity contribution in [2.75, 3.05) is 0 Å². The molecule has 1 aliphatic carbocycles. The summed E-state index contributed by atoms with van der Waals surface area (Å²) in [6.07, 6.45) is 5.48. The van der Waals surface area contributed by atoms with Crippen molar-refractivity contribution in [3.05, 3.63) is 40.3 Å². The van der Waals surface area contributed by atoms with E-state index >= 15 is 0 Å². The molecule has 1 aromatic carbocycles. The van der Waals surface area contributed by atoms with Crippen molar-refractivity contribution in [3.8, 4) is 0 Å². The molecule has 1 saturated carbocycles. The maximum absolute atomic E-state index is 13.6. The van der Waals surface area contributed by atoms with Crippen LogP contribution in [0.3, 0.4) is 0 Å². The fourth-order valence-corrected chi connectivity index (χ4v) is 3.19. The number of halogens is 2. The number of carboxylic acids is 1. The molecule has 0 radical (unpaired) electrons. The van der Waals surface area contributed by atoms with Gasteiger partial charge in [0.15, 0.2) is 0 Å². The lowest BCUT2D eigenvalue weighted by Crippen LogP contribution is -2.09. The Balaban J connectivity index is 2.18. The van der Waals surface area contributed by atoms with Crippen molar-refractivity contribution < 1.29 is 14.3 Å². The van der Waals surface area contributed by atoms with Crippen molar-refractivity contribution >= 4 is 28.5 Å². The van der Waals surface area contributed by atoms with E-state index < -0.39 is 11.8 Å². The first kappa shape index (κ1) is 14.3. The molecule has 110 valence electrons. The Morgan fingerprint density at radius 3 is 2.62 bits per heavy atom. The largest absolute Gasteiger partial charge is 0.478 e. The van der Waals surface area contributed by atoms with Gasteiger partial charge in [-0.05, 0) is 25.0 Å². The number of fused-ring (bicyclic) bond motifs is 1. The van der Waals surface area contributed by atoms with Gasteiger partial charge in [0.05, 0.1) is 16.1 Å². The molecule has 0 amide bonds. The van der Waals surface area contributed by atoms with Gasteiger partial charge in [-0.15, -0.1) is 0 Å². The second kappa shape index (κ2) is 5.60. The molecule has 3 rings (SSSR count). The third-order valence-electron chi connectivity index (χ3n) is 4.12. The number of pyridine rings is 1. The van der Waals surface area contributed by atoms with Crippen molar-refractivity contribution in [2.24, 2.45) is 0 Å². The number of benzene rings is 1. The number of aromatic nitrogens is 1. The first-order chi connectivity index (χ1) is 10.1. The molecular formula is C16H15ClFNO2. The third kappa shape index (κ3) is 2.72. The van der Waals surface area contributed by atoms with Gasteiger partial charge >= 0.3 is 5.97 Å². The van der Waals surface area contributed by atoms with Crippen LogP contribution in [0.1, 0.15) is 54.1 Å². The molecule has 0 bridgehead atoms. The summed E-state index contributed by atoms with van der Waals surface area (Å²) in [5.74, 6) is -1.35. The Bertz CT molecular complexity index is 711. The Morgan fingerprint density at radius 1 is 1.24 bits per heavy atom. The van der Waals surface area contributed by atoms with E-state index in [2.05, 4.69) is 4.98 Å². The van der Waals surface area contributed by atoms with Crippen LogP contribution in [0.25, 0.3) is 10.9 Å². The summed E-state index contributed by atoms with van der Waals surface area (Å²) in [4.78, 5) is 16.0. The normalized spacial score (nSPS) is 16.3. The summed E-state index contributed by atoms with van der Waals surface area (Å²) >= 11 is 5.76. The van der Waals surface area contributed by atoms with E-state index in [9.17, 15) is 14.3 Å². The zero-order valence-electron chi connectivity index (χ0n) is 11.4. The van der Waals surface area contributed by atoms with Gasteiger partial charge in [0, 0.05) is 23.1 Å². The Morgan fingerprint density at radius 2 is 1.95 bits per heavy atom. The van der Waals surface area contributed by atoms with Crippen LogP contribution < -0.4 is 0 Å². The van der Waals surface area contributed by atoms with Gasteiger partial charge in [-0.2, -0.15) is 0 Å². The van der Waals surface area contributed by atoms with Gasteiger partial charge in [0.1, 0.15) is 5.82 Å². The highest BCUT2D eigenvalue weighted by Gasteiger charge is 2.21. The van der Waals surface area contributed by atoms with E-state index in [0.29, 0.717) is 10.9 Å². The van der Waals surface area contributed by atoms with Crippen LogP contribution in [0.2, 0.25) is 5.02 Å². The molecule has 1 fully saturated rings. The van der Waals surface area contributed by atoms with Gasteiger partial charge in [0.25, 0.3) is 0 Å². The lowest BCUT2D eigenvalue weighted by Gasteiger charge is -2.21. The molecule has 2 aromatic rings. The maximum Gasteiger partial charge on any atom is 0.336 e. The molecule has 5 heteroatoms. The number of hydrogen-bond acceptors (Lipinski definition) is 2. The summed E-state index contributed by atoms with van der Waals surface area (Å²) < 4.78 is 13.6. The van der Waals surface area contributed by atoms with Crippen molar-refractivity contribution in [2.45, 2.75) is 38.0 Å². The Hall–Kier alpha value is -1.68. The molecule has 21 heavy (non-hydrogen) atoms. The summed E-state index contributed by atoms with van der Waals surface area (Å²) in [5, 5.41) is 9.70. The maximum atomic E-state index is 13.6. The number of carbonyl (C=O) groups is 1. The lowest BCUT2D eigenvalue weighted by molar-refractivity contribution is 0.0698. The van der Waals surface area contributed by atoms with Crippen molar-refractivity contribution in [3.63, 3.8) is 0 Å². The van der Waals surface area contributed by atoms with E-state index in [1.54, 1.807) is 6.07 Å². The molecule has 1 aromatic heterocycles. The lowest BCUT2D eigenvalue weighted by atomic mass is 9.86. The second-order valence-corrected chi connectivity index (χ2v) is 5.93. The van der Waals surface area contributed by atoms with E-state index in [1.807, 2.05) is 0 Å². The van der Waals surface area contributed by atoms with E-state index in [-0.39, 0.29) is 16.5 Å². The minimum absolute atomic E-state index is 0.0859. The summed E-state index contributed by atoms with van der Waals surface area (Å²) in [5.41, 5.74) is 1.25. The minimum Gasteiger partial charge on any atom is -0.478 e. The molecule has 0 unspecified atom stereocenters. The second-order valence-electron chi connectivity index (χ2n) is 5.52. The monoisotopic (exact) mass is 307 g/mol. The van der Waals surface area contributed by atoms with Gasteiger partial charge in [-0.25, -0.2) is 9.18 Å². The number of rotatable bonds is 2. The van der Waals surface area contributed by atoms with Crippen LogP contribution in [0.4, 0.5) is 4.39 Å². The third-order valence-corrected chi connectivity index (χ3v) is 4.41. The highest BCUT2D eigenvalue weighted by molar-refractivity contribution is 6.31. The first-order valence-corrected chi connectivity index (χ1v) is 7.47. The SMILES string of the molecule is O=C(O)c1cc(C2CCCCC2)nc2cc(F)c(Cl)cc12. The van der Waals surface area contributed by atoms with Crippen LogP contribution in [-0.2, 0) is 0 Å². The topological polar surface area (TPSA) is 50.2 Å². The van der Waals surface area contributed by atoms with E-state index in [0.717, 1.165) is 31.4 Å². The van der Waals surface area contributed by atoms with Crippen LogP contribution in [0, 0.1) is 5.82 Å². The van der Waals surface area contributed by atoms with Crippen LogP contribution >= 0.6 is 11.6 Å². The van der Waals surface area contributed by atoms with E-state index in [4.69, 9.17) is 11.6 Å². The summed E-state index contributed by atoms with van der Waals surface area (Å²) in [6.45, 7) is 0. The van der Waals surface area contributed by atoms with Gasteiger partial charge in [-0.3, -0.25) is 4.98 Å². The smallest absolute Gasteiger partial charge is 0.336 e. The van der Waals surface area contributed by atoms with Gasteiger partial charge < -0.3 is 5.11 Å². The standard InChI is InChI=1S/C16H15ClFNO2/c17-12-6-10-11(16(20)21)7-14(9-4-2-1-3-5-9)19-15(10)8-13(12)18/h6-9H,1-5H2,(H,20,21). The fraction of sp³-hybridized carbons (Fsp3) is 0.375. The minimum atomic E-state index is -1.04. The predicted octanol–water partition coefficient (Wildman–Crippen LogP) is 4.77. The molecule has 1 aliphatic rings. The molecule has 0 spiro atoms. The number of aromatic carboxylic acids is 1. The van der Waals surface area contributed by atoms with Crippen LogP contribution in [-0.4, -0.2) is 16.1 Å². The molecule has 3 nitrogen and oxygen atoms in total. The number of carboxylic acid groups (broad SMARTS) is 1. The number of hydrogen-bond donors (Lipinski definition) is 1. The van der Waals surface area contributed by atoms with E-state index in [1.165, 1.54) is 18.6 Å². The van der Waals surface area contributed by atoms with Crippen molar-refractivity contribution in [1.82, 2.24) is 4.98 Å². The zero-order valence-corrected chi connectivity index (χ0v) is 12.2. The molecule has 1 N–H and O–H groups in total. The highest BCUT2D eigenvalue weighted by atomic mass is 35.5. The number of nitrogens with zero attached hydrogens (tertiary/aromatic N) is 1. The molecular weight excluding hydrogens is 293 g/mol. The summed E-state index contributed by atoms with van der Waals surface area (Å²) in [7, 11) is 0. The van der Waals surface area contributed by atoms with Gasteiger partial charge in [-0.1, -0.05) is 30.9 Å². The average molecular weight is 308 g/mol. The molecule has 0 saturated heterocycles. The van der Waals surface area contributed by atoms with Crippen LogP contribution in [0.15, 0.2) is 18.2 Å². The first-order valence-electron chi connectivity index (χ1n) is 7.09. The zero-order chi connectivity index (χ0) is 15.0. The quantitative estimate of drug-likeness (QED) is 0.869. The van der Waals surface area contributed by atoms with Crippen molar-refractivity contribution in [1.29, 1.82) is 0 Å². The molecule has 0 atom stereocenters. The fourth-order valence-electron chi connectivity index (χ4n) is 3.03. The Labute approximate surface area is 126 Å². The molecule has 0 aliphatic heterocycles. The Kier molecular flexibility index (Phi) is 3.81. The molecule has 1 heterocycles. The summed E-state index contributed by atoms with van der Waals surface area (Å²) in [6, 6.07) is 4.18.